The Hall–Kier alpha value is -1.76. The average Bonchev–Trinajstić information content (AvgIpc) is 2.51. The van der Waals surface area contributed by atoms with Gasteiger partial charge in [0.25, 0.3) is 0 Å². The van der Waals surface area contributed by atoms with Crippen molar-refractivity contribution in [3.05, 3.63) is 65.7 Å². The van der Waals surface area contributed by atoms with Crippen molar-refractivity contribution in [2.24, 2.45) is 0 Å². The summed E-state index contributed by atoms with van der Waals surface area (Å²) in [6.07, 6.45) is 3.70. The Balaban J connectivity index is 1.53. The molecule has 0 aromatic heterocycles. The van der Waals surface area contributed by atoms with Crippen LogP contribution in [0.4, 0.5) is 5.69 Å². The molecule has 0 saturated heterocycles. The van der Waals surface area contributed by atoms with E-state index in [4.69, 9.17) is 0 Å². The maximum Gasteiger partial charge on any atom is 0.0342 e. The zero-order chi connectivity index (χ0) is 14.7. The molecular formula is C20H25N. The van der Waals surface area contributed by atoms with Crippen molar-refractivity contribution in [1.82, 2.24) is 0 Å². The Morgan fingerprint density at radius 3 is 2.29 bits per heavy atom. The summed E-state index contributed by atoms with van der Waals surface area (Å²) in [6.45, 7) is 4.54. The van der Waals surface area contributed by atoms with Crippen LogP contribution < -0.4 is 5.32 Å². The molecule has 2 aromatic carbocycles. The molecule has 1 fully saturated rings. The van der Waals surface area contributed by atoms with E-state index in [0.29, 0.717) is 12.0 Å². The predicted molar refractivity (Wildman–Crippen MR) is 91.0 cm³/mol. The first kappa shape index (κ1) is 14.2. The molecule has 0 aliphatic heterocycles. The Kier molecular flexibility index (Phi) is 4.28. The lowest BCUT2D eigenvalue weighted by atomic mass is 9.76. The molecule has 0 bridgehead atoms. The van der Waals surface area contributed by atoms with Gasteiger partial charge in [0, 0.05) is 11.7 Å². The molecule has 1 aliphatic rings. The van der Waals surface area contributed by atoms with Crippen LogP contribution in [-0.2, 0) is 0 Å². The second-order valence-corrected chi connectivity index (χ2v) is 6.35. The van der Waals surface area contributed by atoms with E-state index < -0.39 is 0 Å². The van der Waals surface area contributed by atoms with E-state index in [0.717, 1.165) is 5.92 Å². The fourth-order valence-corrected chi connectivity index (χ4v) is 3.11. The van der Waals surface area contributed by atoms with Crippen LogP contribution in [0.3, 0.4) is 0 Å². The van der Waals surface area contributed by atoms with Crippen LogP contribution >= 0.6 is 0 Å². The molecule has 0 heterocycles. The molecule has 1 aliphatic carbocycles. The van der Waals surface area contributed by atoms with Crippen LogP contribution in [0.2, 0.25) is 0 Å². The maximum atomic E-state index is 3.66. The Morgan fingerprint density at radius 1 is 1.00 bits per heavy atom. The molecule has 1 N–H and O–H groups in total. The van der Waals surface area contributed by atoms with Gasteiger partial charge < -0.3 is 5.32 Å². The molecule has 1 atom stereocenters. The van der Waals surface area contributed by atoms with Crippen molar-refractivity contribution >= 4 is 5.69 Å². The van der Waals surface area contributed by atoms with E-state index in [2.05, 4.69) is 73.8 Å². The Bertz CT molecular complexity index is 552. The first-order valence-electron chi connectivity index (χ1n) is 8.17. The first-order chi connectivity index (χ1) is 10.3. The van der Waals surface area contributed by atoms with Gasteiger partial charge in [-0.2, -0.15) is 0 Å². The molecule has 21 heavy (non-hydrogen) atoms. The van der Waals surface area contributed by atoms with Crippen LogP contribution in [0.25, 0.3) is 0 Å². The number of rotatable bonds is 5. The summed E-state index contributed by atoms with van der Waals surface area (Å²) in [5.41, 5.74) is 4.19. The van der Waals surface area contributed by atoms with Crippen molar-refractivity contribution < 1.29 is 0 Å². The summed E-state index contributed by atoms with van der Waals surface area (Å²) < 4.78 is 0. The Labute approximate surface area is 128 Å². The summed E-state index contributed by atoms with van der Waals surface area (Å²) in [5, 5.41) is 3.66. The van der Waals surface area contributed by atoms with Crippen LogP contribution in [-0.4, -0.2) is 6.04 Å². The molecule has 1 nitrogen and oxygen atoms in total. The topological polar surface area (TPSA) is 12.0 Å². The minimum absolute atomic E-state index is 0.629. The molecule has 2 aromatic rings. The predicted octanol–water partition coefficient (Wildman–Crippen LogP) is 5.56. The summed E-state index contributed by atoms with van der Waals surface area (Å²) >= 11 is 0. The lowest BCUT2D eigenvalue weighted by Gasteiger charge is -2.37. The number of anilines is 1. The zero-order valence-corrected chi connectivity index (χ0v) is 13.0. The molecule has 1 heteroatoms. The fourth-order valence-electron chi connectivity index (χ4n) is 3.11. The van der Waals surface area contributed by atoms with Crippen LogP contribution in [0.1, 0.15) is 56.1 Å². The molecule has 1 unspecified atom stereocenters. The standard InChI is InChI=1S/C20H25N/c1-3-15(2)16-9-11-19(12-10-16)21-20-13-18(14-20)17-7-5-4-6-8-17/h4-12,15,18,20-21H,3,13-14H2,1-2H3. The summed E-state index contributed by atoms with van der Waals surface area (Å²) in [6, 6.07) is 20.5. The highest BCUT2D eigenvalue weighted by atomic mass is 14.9. The van der Waals surface area contributed by atoms with Crippen LogP contribution in [0.15, 0.2) is 54.6 Å². The second-order valence-electron chi connectivity index (χ2n) is 6.35. The largest absolute Gasteiger partial charge is 0.382 e. The van der Waals surface area contributed by atoms with Crippen molar-refractivity contribution in [2.45, 2.75) is 51.0 Å². The monoisotopic (exact) mass is 279 g/mol. The van der Waals surface area contributed by atoms with Gasteiger partial charge >= 0.3 is 0 Å². The van der Waals surface area contributed by atoms with Gasteiger partial charge in [0.1, 0.15) is 0 Å². The van der Waals surface area contributed by atoms with E-state index in [1.54, 1.807) is 0 Å². The zero-order valence-electron chi connectivity index (χ0n) is 13.0. The van der Waals surface area contributed by atoms with Gasteiger partial charge in [-0.15, -0.1) is 0 Å². The molecule has 0 radical (unpaired) electrons. The van der Waals surface area contributed by atoms with Crippen molar-refractivity contribution in [1.29, 1.82) is 0 Å². The van der Waals surface area contributed by atoms with Gasteiger partial charge in [0.2, 0.25) is 0 Å². The lowest BCUT2D eigenvalue weighted by Crippen LogP contribution is -2.33. The van der Waals surface area contributed by atoms with Crippen molar-refractivity contribution in [3.63, 3.8) is 0 Å². The van der Waals surface area contributed by atoms with Crippen LogP contribution in [0.5, 0.6) is 0 Å². The van der Waals surface area contributed by atoms with E-state index in [-0.39, 0.29) is 0 Å². The van der Waals surface area contributed by atoms with Gasteiger partial charge in [-0.3, -0.25) is 0 Å². The molecular weight excluding hydrogens is 254 g/mol. The van der Waals surface area contributed by atoms with Crippen molar-refractivity contribution in [2.75, 3.05) is 5.32 Å². The van der Waals surface area contributed by atoms with Gasteiger partial charge in [0.15, 0.2) is 0 Å². The minimum atomic E-state index is 0.629. The van der Waals surface area contributed by atoms with Gasteiger partial charge in [-0.1, -0.05) is 56.3 Å². The third kappa shape index (κ3) is 3.29. The maximum absolute atomic E-state index is 3.66. The highest BCUT2D eigenvalue weighted by Crippen LogP contribution is 2.38. The van der Waals surface area contributed by atoms with Gasteiger partial charge in [-0.05, 0) is 54.4 Å². The highest BCUT2D eigenvalue weighted by Gasteiger charge is 2.29. The first-order valence-corrected chi connectivity index (χ1v) is 8.17. The molecule has 1 saturated carbocycles. The third-order valence-electron chi connectivity index (χ3n) is 4.87. The molecule has 0 spiro atoms. The third-order valence-corrected chi connectivity index (χ3v) is 4.87. The molecule has 3 rings (SSSR count). The number of hydrogen-bond acceptors (Lipinski definition) is 1. The number of nitrogens with one attached hydrogen (secondary N) is 1. The van der Waals surface area contributed by atoms with E-state index in [1.807, 2.05) is 0 Å². The normalized spacial score (nSPS) is 22.4. The fraction of sp³-hybridized carbons (Fsp3) is 0.400. The smallest absolute Gasteiger partial charge is 0.0342 e. The van der Waals surface area contributed by atoms with E-state index in [9.17, 15) is 0 Å². The summed E-state index contributed by atoms with van der Waals surface area (Å²) in [5.74, 6) is 1.40. The van der Waals surface area contributed by atoms with E-state index in [1.165, 1.54) is 36.1 Å². The number of hydrogen-bond donors (Lipinski definition) is 1. The summed E-state index contributed by atoms with van der Waals surface area (Å²) in [4.78, 5) is 0. The van der Waals surface area contributed by atoms with Crippen LogP contribution in [0, 0.1) is 0 Å². The number of benzene rings is 2. The van der Waals surface area contributed by atoms with Crippen molar-refractivity contribution in [3.8, 4) is 0 Å². The average molecular weight is 279 g/mol. The second kappa shape index (κ2) is 6.34. The quantitative estimate of drug-likeness (QED) is 0.755. The lowest BCUT2D eigenvalue weighted by molar-refractivity contribution is 0.374. The van der Waals surface area contributed by atoms with Gasteiger partial charge in [0.05, 0.1) is 0 Å². The highest BCUT2D eigenvalue weighted by molar-refractivity contribution is 5.47. The molecule has 110 valence electrons. The summed E-state index contributed by atoms with van der Waals surface area (Å²) in [7, 11) is 0. The SMILES string of the molecule is CCC(C)c1ccc(NC2CC(c3ccccc3)C2)cc1. The van der Waals surface area contributed by atoms with E-state index >= 15 is 0 Å². The minimum Gasteiger partial charge on any atom is -0.382 e. The van der Waals surface area contributed by atoms with Gasteiger partial charge in [-0.25, -0.2) is 0 Å². The molecule has 0 amide bonds. The Morgan fingerprint density at radius 2 is 1.67 bits per heavy atom.